The van der Waals surface area contributed by atoms with Crippen LogP contribution in [0.15, 0.2) is 35.5 Å². The third kappa shape index (κ3) is 4.03. The fraction of sp³-hybridized carbons (Fsp3) is 0.231. The summed E-state index contributed by atoms with van der Waals surface area (Å²) in [6.45, 7) is 0.487. The number of sulfonamides is 1. The Kier molecular flexibility index (Phi) is 4.64. The molecule has 7 nitrogen and oxygen atoms in total. The number of carbonyl (C=O) groups is 1. The topological polar surface area (TPSA) is 101 Å². The number of nitrogens with one attached hydrogen (secondary N) is 1. The summed E-state index contributed by atoms with van der Waals surface area (Å²) in [5.74, 6) is -0.644. The molecule has 0 spiro atoms. The minimum absolute atomic E-state index is 0.0199. The molecule has 0 amide bonds. The van der Waals surface area contributed by atoms with Crippen molar-refractivity contribution in [2.75, 3.05) is 4.72 Å². The molecular weight excluding hydrogens is 332 g/mol. The molecule has 0 saturated heterocycles. The molecule has 1 aromatic carbocycles. The molecule has 0 radical (unpaired) electrons. The minimum atomic E-state index is -4.11. The lowest BCUT2D eigenvalue weighted by Crippen LogP contribution is -2.15. The Hall–Kier alpha value is -2.49. The molecule has 0 unspecified atom stereocenters. The van der Waals surface area contributed by atoms with Crippen molar-refractivity contribution < 1.29 is 27.1 Å². The smallest absolute Gasteiger partial charge is 0.265 e. The fourth-order valence-electron chi connectivity index (χ4n) is 1.84. The number of phenols is 1. The van der Waals surface area contributed by atoms with Crippen molar-refractivity contribution in [1.29, 1.82) is 0 Å². The Labute approximate surface area is 130 Å². The maximum Gasteiger partial charge on any atom is 0.265 e. The van der Waals surface area contributed by atoms with E-state index in [4.69, 9.17) is 0 Å². The maximum absolute atomic E-state index is 12.3. The first-order valence-corrected chi connectivity index (χ1v) is 7.85. The van der Waals surface area contributed by atoms with Gasteiger partial charge in [-0.25, -0.2) is 17.2 Å². The number of aromatic hydroxyl groups is 1. The lowest BCUT2D eigenvalue weighted by atomic mass is 10.1. The van der Waals surface area contributed by atoms with E-state index in [1.54, 1.807) is 0 Å². The van der Waals surface area contributed by atoms with Gasteiger partial charge in [0, 0.05) is 11.8 Å². The molecule has 0 aliphatic carbocycles. The van der Waals surface area contributed by atoms with Gasteiger partial charge in [-0.05, 0) is 25.1 Å². The van der Waals surface area contributed by atoms with Crippen LogP contribution in [0.4, 0.5) is 14.5 Å². The van der Waals surface area contributed by atoms with Crippen molar-refractivity contribution in [1.82, 2.24) is 9.78 Å². The molecule has 2 aromatic rings. The largest absolute Gasteiger partial charge is 0.508 e. The Morgan fingerprint density at radius 2 is 2.13 bits per heavy atom. The molecule has 1 heterocycles. The van der Waals surface area contributed by atoms with Gasteiger partial charge < -0.3 is 5.11 Å². The second-order valence-corrected chi connectivity index (χ2v) is 6.36. The van der Waals surface area contributed by atoms with Crippen LogP contribution in [-0.2, 0) is 16.6 Å². The molecule has 2 N–H and O–H groups in total. The number of ketones is 1. The molecule has 0 bridgehead atoms. The molecule has 10 heteroatoms. The van der Waals surface area contributed by atoms with E-state index in [1.807, 2.05) is 0 Å². The Balaban J connectivity index is 2.32. The summed E-state index contributed by atoms with van der Waals surface area (Å²) in [6.07, 6.45) is -0.777. The highest BCUT2D eigenvalue weighted by molar-refractivity contribution is 7.92. The number of nitrogens with zero attached hydrogens (tertiary/aromatic N) is 2. The zero-order valence-electron chi connectivity index (χ0n) is 11.9. The van der Waals surface area contributed by atoms with E-state index >= 15 is 0 Å². The fourth-order valence-corrected chi connectivity index (χ4v) is 2.87. The van der Waals surface area contributed by atoms with E-state index < -0.39 is 28.8 Å². The lowest BCUT2D eigenvalue weighted by molar-refractivity contribution is 0.101. The predicted molar refractivity (Wildman–Crippen MR) is 77.2 cm³/mol. The predicted octanol–water partition coefficient (Wildman–Crippen LogP) is 1.86. The quantitative estimate of drug-likeness (QED) is 0.615. The van der Waals surface area contributed by atoms with Crippen LogP contribution in [0.2, 0.25) is 0 Å². The van der Waals surface area contributed by atoms with Crippen molar-refractivity contribution in [3.63, 3.8) is 0 Å². The van der Waals surface area contributed by atoms with Crippen LogP contribution in [0.5, 0.6) is 5.75 Å². The first kappa shape index (κ1) is 16.9. The Morgan fingerprint density at radius 3 is 2.74 bits per heavy atom. The number of halogens is 2. The number of carbonyl (C=O) groups excluding carboxylic acids is 1. The summed E-state index contributed by atoms with van der Waals surface area (Å²) < 4.78 is 52.0. The Bertz CT molecular complexity index is 833. The highest BCUT2D eigenvalue weighted by atomic mass is 32.2. The second kappa shape index (κ2) is 6.32. The average Bonchev–Trinajstić information content (AvgIpc) is 2.89. The number of anilines is 1. The van der Waals surface area contributed by atoms with E-state index in [9.17, 15) is 27.1 Å². The van der Waals surface area contributed by atoms with Crippen LogP contribution in [0.25, 0.3) is 0 Å². The first-order valence-electron chi connectivity index (χ1n) is 6.36. The number of rotatable bonds is 6. The molecule has 124 valence electrons. The van der Waals surface area contributed by atoms with Crippen molar-refractivity contribution in [2.45, 2.75) is 24.8 Å². The zero-order chi connectivity index (χ0) is 17.2. The van der Waals surface area contributed by atoms with E-state index in [1.165, 1.54) is 19.1 Å². The summed E-state index contributed by atoms with van der Waals surface area (Å²) in [6, 6.07) is 3.57. The highest BCUT2D eigenvalue weighted by Gasteiger charge is 2.20. The normalized spacial score (nSPS) is 11.7. The average molecular weight is 345 g/mol. The van der Waals surface area contributed by atoms with Crippen LogP contribution in [0.1, 0.15) is 17.3 Å². The Morgan fingerprint density at radius 1 is 1.43 bits per heavy atom. The van der Waals surface area contributed by atoms with E-state index in [2.05, 4.69) is 9.82 Å². The summed E-state index contributed by atoms with van der Waals surface area (Å²) >= 11 is 0. The van der Waals surface area contributed by atoms with Gasteiger partial charge in [-0.3, -0.25) is 14.2 Å². The number of Topliss-reactive ketones (excluding diaryl/α,β-unsaturated/α-hetero) is 1. The van der Waals surface area contributed by atoms with Gasteiger partial charge in [0.15, 0.2) is 5.78 Å². The van der Waals surface area contributed by atoms with E-state index in [0.717, 1.165) is 23.1 Å². The maximum atomic E-state index is 12.3. The highest BCUT2D eigenvalue weighted by Crippen LogP contribution is 2.24. The zero-order valence-corrected chi connectivity index (χ0v) is 12.7. The molecule has 0 saturated carbocycles. The van der Waals surface area contributed by atoms with Crippen molar-refractivity contribution in [3.8, 4) is 5.75 Å². The van der Waals surface area contributed by atoms with Gasteiger partial charge in [0.25, 0.3) is 16.4 Å². The molecule has 23 heavy (non-hydrogen) atoms. The van der Waals surface area contributed by atoms with Gasteiger partial charge >= 0.3 is 0 Å². The number of phenolic OH excluding ortho intramolecular Hbond substituents is 1. The van der Waals surface area contributed by atoms with Crippen molar-refractivity contribution in [2.24, 2.45) is 0 Å². The van der Waals surface area contributed by atoms with Crippen molar-refractivity contribution >= 4 is 21.5 Å². The standard InChI is InChI=1S/C13H13F2N3O4S/c1-8(19)11-4-9(20)2-3-12(11)17-23(21,22)10-5-16-18(6-10)7-13(14)15/h2-6,13,17,20H,7H2,1H3. The molecular formula is C13H13F2N3O4S. The third-order valence-corrected chi connectivity index (χ3v) is 4.19. The van der Waals surface area contributed by atoms with Gasteiger partial charge in [0.05, 0.1) is 11.9 Å². The first-order chi connectivity index (χ1) is 10.7. The van der Waals surface area contributed by atoms with Crippen LogP contribution >= 0.6 is 0 Å². The van der Waals surface area contributed by atoms with Crippen LogP contribution < -0.4 is 4.72 Å². The lowest BCUT2D eigenvalue weighted by Gasteiger charge is -2.10. The number of aromatic nitrogens is 2. The monoisotopic (exact) mass is 345 g/mol. The third-order valence-electron chi connectivity index (χ3n) is 2.87. The van der Waals surface area contributed by atoms with E-state index in [0.29, 0.717) is 0 Å². The summed E-state index contributed by atoms with van der Waals surface area (Å²) in [7, 11) is -4.11. The summed E-state index contributed by atoms with van der Waals surface area (Å²) in [4.78, 5) is 11.2. The molecule has 0 aliphatic heterocycles. The molecule has 0 atom stereocenters. The van der Waals surface area contributed by atoms with Crippen LogP contribution in [0.3, 0.4) is 0 Å². The van der Waals surface area contributed by atoms with Crippen LogP contribution in [0, 0.1) is 0 Å². The van der Waals surface area contributed by atoms with Gasteiger partial charge in [-0.15, -0.1) is 0 Å². The number of hydrogen-bond acceptors (Lipinski definition) is 5. The molecule has 0 fully saturated rings. The van der Waals surface area contributed by atoms with Gasteiger partial charge in [0.1, 0.15) is 17.2 Å². The second-order valence-electron chi connectivity index (χ2n) is 4.68. The van der Waals surface area contributed by atoms with Gasteiger partial charge in [-0.1, -0.05) is 0 Å². The SMILES string of the molecule is CC(=O)c1cc(O)ccc1NS(=O)(=O)c1cnn(CC(F)F)c1. The molecule has 2 rings (SSSR count). The van der Waals surface area contributed by atoms with Crippen LogP contribution in [-0.4, -0.2) is 35.5 Å². The van der Waals surface area contributed by atoms with Gasteiger partial charge in [0.2, 0.25) is 0 Å². The number of benzene rings is 1. The number of hydrogen-bond donors (Lipinski definition) is 2. The molecule has 1 aromatic heterocycles. The number of alkyl halides is 2. The minimum Gasteiger partial charge on any atom is -0.508 e. The summed E-state index contributed by atoms with van der Waals surface area (Å²) in [5, 5.41) is 12.9. The van der Waals surface area contributed by atoms with Crippen molar-refractivity contribution in [3.05, 3.63) is 36.2 Å². The van der Waals surface area contributed by atoms with E-state index in [-0.39, 0.29) is 21.9 Å². The van der Waals surface area contributed by atoms with Gasteiger partial charge in [-0.2, -0.15) is 5.10 Å². The molecule has 0 aliphatic rings. The summed E-state index contributed by atoms with van der Waals surface area (Å²) in [5.41, 5.74) is -0.0505.